The Morgan fingerprint density at radius 2 is 1.78 bits per heavy atom. The number of nitrogens with zero attached hydrogens (tertiary/aromatic N) is 3. The van der Waals surface area contributed by atoms with Crippen molar-refractivity contribution in [3.05, 3.63) is 0 Å². The van der Waals surface area contributed by atoms with E-state index in [-0.39, 0.29) is 5.91 Å². The zero-order valence-electron chi connectivity index (χ0n) is 12.3. The average Bonchev–Trinajstić information content (AvgIpc) is 2.24. The summed E-state index contributed by atoms with van der Waals surface area (Å²) in [4.78, 5) is 18.4. The van der Waals surface area contributed by atoms with Gasteiger partial charge in [-0.15, -0.1) is 0 Å². The number of piperidine rings is 1. The van der Waals surface area contributed by atoms with Crippen molar-refractivity contribution in [3.8, 4) is 0 Å². The van der Waals surface area contributed by atoms with Crippen molar-refractivity contribution in [2.24, 2.45) is 5.41 Å². The van der Waals surface area contributed by atoms with Crippen molar-refractivity contribution in [3.63, 3.8) is 0 Å². The molecule has 4 heteroatoms. The van der Waals surface area contributed by atoms with Gasteiger partial charge in [0.25, 0.3) is 0 Å². The van der Waals surface area contributed by atoms with Gasteiger partial charge in [-0.3, -0.25) is 4.79 Å². The molecule has 0 aromatic carbocycles. The van der Waals surface area contributed by atoms with Crippen LogP contribution in [0.1, 0.15) is 26.7 Å². The van der Waals surface area contributed by atoms with E-state index in [4.69, 9.17) is 0 Å². The molecule has 2 fully saturated rings. The number of likely N-dealkylation sites (tertiary alicyclic amines) is 2. The second kappa shape index (κ2) is 5.17. The van der Waals surface area contributed by atoms with Crippen LogP contribution in [0.2, 0.25) is 0 Å². The van der Waals surface area contributed by atoms with E-state index < -0.39 is 0 Å². The normalized spacial score (nSPS) is 23.8. The second-order valence-electron chi connectivity index (χ2n) is 6.62. The molecule has 1 amide bonds. The standard InChI is InChI=1S/C14H27N3O/c1-12(2)16-7-5-14(6-8-16)10-17(11-14)13(18)9-15(3)4/h12H,5-11H2,1-4H3. The maximum absolute atomic E-state index is 11.9. The Bertz CT molecular complexity index is 298. The van der Waals surface area contributed by atoms with E-state index in [1.54, 1.807) is 0 Å². The van der Waals surface area contributed by atoms with E-state index >= 15 is 0 Å². The molecule has 2 aliphatic heterocycles. The Morgan fingerprint density at radius 1 is 1.22 bits per heavy atom. The van der Waals surface area contributed by atoms with Crippen molar-refractivity contribution in [2.75, 3.05) is 46.8 Å². The molecule has 2 heterocycles. The molecule has 0 N–H and O–H groups in total. The van der Waals surface area contributed by atoms with Crippen LogP contribution in [-0.2, 0) is 4.79 Å². The number of carbonyl (C=O) groups is 1. The predicted molar refractivity (Wildman–Crippen MR) is 73.5 cm³/mol. The maximum Gasteiger partial charge on any atom is 0.236 e. The van der Waals surface area contributed by atoms with Gasteiger partial charge in [0, 0.05) is 24.5 Å². The topological polar surface area (TPSA) is 26.8 Å². The van der Waals surface area contributed by atoms with Crippen molar-refractivity contribution >= 4 is 5.91 Å². The molecule has 0 aromatic rings. The number of carbonyl (C=O) groups excluding carboxylic acids is 1. The van der Waals surface area contributed by atoms with Gasteiger partial charge >= 0.3 is 0 Å². The fourth-order valence-corrected chi connectivity index (χ4v) is 3.14. The lowest BCUT2D eigenvalue weighted by Gasteiger charge is -2.54. The van der Waals surface area contributed by atoms with Gasteiger partial charge in [0.2, 0.25) is 5.91 Å². The molecule has 0 unspecified atom stereocenters. The van der Waals surface area contributed by atoms with Crippen molar-refractivity contribution in [2.45, 2.75) is 32.7 Å². The zero-order valence-corrected chi connectivity index (χ0v) is 12.3. The molecule has 0 aliphatic carbocycles. The van der Waals surface area contributed by atoms with Crippen LogP contribution in [-0.4, -0.2) is 73.5 Å². The lowest BCUT2D eigenvalue weighted by molar-refractivity contribution is -0.147. The monoisotopic (exact) mass is 253 g/mol. The smallest absolute Gasteiger partial charge is 0.236 e. The molecule has 104 valence electrons. The van der Waals surface area contributed by atoms with E-state index in [1.807, 2.05) is 23.9 Å². The fourth-order valence-electron chi connectivity index (χ4n) is 3.14. The maximum atomic E-state index is 11.9. The molecular formula is C14H27N3O. The number of hydrogen-bond donors (Lipinski definition) is 0. The SMILES string of the molecule is CC(C)N1CCC2(CC1)CN(C(=O)CN(C)C)C2. The zero-order chi connectivity index (χ0) is 13.3. The number of hydrogen-bond acceptors (Lipinski definition) is 3. The van der Waals surface area contributed by atoms with Gasteiger partial charge < -0.3 is 14.7 Å². The van der Waals surface area contributed by atoms with Gasteiger partial charge in [-0.05, 0) is 53.9 Å². The molecule has 0 radical (unpaired) electrons. The molecule has 0 saturated carbocycles. The molecule has 4 nitrogen and oxygen atoms in total. The van der Waals surface area contributed by atoms with Gasteiger partial charge in [0.15, 0.2) is 0 Å². The summed E-state index contributed by atoms with van der Waals surface area (Å²) in [5, 5.41) is 0. The highest BCUT2D eigenvalue weighted by Gasteiger charge is 2.46. The van der Waals surface area contributed by atoms with Crippen molar-refractivity contribution < 1.29 is 4.79 Å². The van der Waals surface area contributed by atoms with Crippen molar-refractivity contribution in [1.82, 2.24) is 14.7 Å². The minimum atomic E-state index is 0.289. The third-order valence-electron chi connectivity index (χ3n) is 4.45. The number of amides is 1. The summed E-state index contributed by atoms with van der Waals surface area (Å²) in [6.07, 6.45) is 2.52. The Hall–Kier alpha value is -0.610. The summed E-state index contributed by atoms with van der Waals surface area (Å²) >= 11 is 0. The highest BCUT2D eigenvalue weighted by Crippen LogP contribution is 2.40. The van der Waals surface area contributed by atoms with Gasteiger partial charge in [0.05, 0.1) is 6.54 Å². The Kier molecular flexibility index (Phi) is 3.97. The first kappa shape index (κ1) is 13.8. The van der Waals surface area contributed by atoms with Crippen LogP contribution >= 0.6 is 0 Å². The van der Waals surface area contributed by atoms with Crippen molar-refractivity contribution in [1.29, 1.82) is 0 Å². The highest BCUT2D eigenvalue weighted by molar-refractivity contribution is 5.79. The van der Waals surface area contributed by atoms with E-state index in [0.29, 0.717) is 18.0 Å². The van der Waals surface area contributed by atoms with E-state index in [2.05, 4.69) is 18.7 Å². The molecule has 1 spiro atoms. The van der Waals surface area contributed by atoms with E-state index in [9.17, 15) is 4.79 Å². The molecule has 2 aliphatic rings. The largest absolute Gasteiger partial charge is 0.340 e. The Labute approximate surface area is 111 Å². The van der Waals surface area contributed by atoms with Crippen LogP contribution in [0.5, 0.6) is 0 Å². The Morgan fingerprint density at radius 3 is 2.22 bits per heavy atom. The Balaban J connectivity index is 1.77. The van der Waals surface area contributed by atoms with Crippen LogP contribution in [0.3, 0.4) is 0 Å². The summed E-state index contributed by atoms with van der Waals surface area (Å²) in [5.41, 5.74) is 0.452. The molecule has 2 rings (SSSR count). The first-order valence-corrected chi connectivity index (χ1v) is 7.08. The van der Waals surface area contributed by atoms with E-state index in [1.165, 1.54) is 25.9 Å². The van der Waals surface area contributed by atoms with Crippen LogP contribution < -0.4 is 0 Å². The van der Waals surface area contributed by atoms with Gasteiger partial charge in [-0.25, -0.2) is 0 Å². The van der Waals surface area contributed by atoms with Crippen LogP contribution in [0.25, 0.3) is 0 Å². The van der Waals surface area contributed by atoms with E-state index in [0.717, 1.165) is 13.1 Å². The first-order chi connectivity index (χ1) is 8.42. The molecule has 0 bridgehead atoms. The average molecular weight is 253 g/mol. The molecule has 0 aromatic heterocycles. The van der Waals surface area contributed by atoms with Crippen LogP contribution in [0, 0.1) is 5.41 Å². The van der Waals surface area contributed by atoms with Crippen LogP contribution in [0.15, 0.2) is 0 Å². The third kappa shape index (κ3) is 2.86. The van der Waals surface area contributed by atoms with Crippen LogP contribution in [0.4, 0.5) is 0 Å². The second-order valence-corrected chi connectivity index (χ2v) is 6.62. The first-order valence-electron chi connectivity index (χ1n) is 7.08. The molecule has 2 saturated heterocycles. The molecular weight excluding hydrogens is 226 g/mol. The van der Waals surface area contributed by atoms with Gasteiger partial charge in [-0.1, -0.05) is 0 Å². The summed E-state index contributed by atoms with van der Waals surface area (Å²) in [5.74, 6) is 0.289. The quantitative estimate of drug-likeness (QED) is 0.747. The fraction of sp³-hybridized carbons (Fsp3) is 0.929. The summed E-state index contributed by atoms with van der Waals surface area (Å²) in [7, 11) is 3.91. The summed E-state index contributed by atoms with van der Waals surface area (Å²) in [6, 6.07) is 0.661. The highest BCUT2D eigenvalue weighted by atomic mass is 16.2. The molecule has 18 heavy (non-hydrogen) atoms. The summed E-state index contributed by atoms with van der Waals surface area (Å²) in [6.45, 7) is 9.48. The lowest BCUT2D eigenvalue weighted by atomic mass is 9.71. The lowest BCUT2D eigenvalue weighted by Crippen LogP contribution is -2.63. The van der Waals surface area contributed by atoms with Gasteiger partial charge in [-0.2, -0.15) is 0 Å². The summed E-state index contributed by atoms with van der Waals surface area (Å²) < 4.78 is 0. The van der Waals surface area contributed by atoms with Gasteiger partial charge in [0.1, 0.15) is 0 Å². The number of likely N-dealkylation sites (N-methyl/N-ethyl adjacent to an activating group) is 1. The minimum absolute atomic E-state index is 0.289. The minimum Gasteiger partial charge on any atom is -0.340 e. The third-order valence-corrected chi connectivity index (χ3v) is 4.45. The number of rotatable bonds is 3. The molecule has 0 atom stereocenters. The predicted octanol–water partition coefficient (Wildman–Crippen LogP) is 0.881.